The molecular weight excluding hydrogens is 370 g/mol. The Labute approximate surface area is 156 Å². The molecule has 0 fully saturated rings. The standard InChI is InChI=1S/C18H17N3O5S/c1-12-6-8-13(9-7-12)17-20-16(26-21-17)11-25-18(22)14-4-3-5-15(10-14)27(23,24)19-2/h3-10,19H,11H2,1-2H3. The van der Waals surface area contributed by atoms with E-state index in [0.29, 0.717) is 5.82 Å². The lowest BCUT2D eigenvalue weighted by Gasteiger charge is -2.05. The van der Waals surface area contributed by atoms with Crippen molar-refractivity contribution in [1.29, 1.82) is 0 Å². The first-order chi connectivity index (χ1) is 12.9. The van der Waals surface area contributed by atoms with Crippen LogP contribution in [-0.4, -0.2) is 31.6 Å². The third kappa shape index (κ3) is 4.39. The fourth-order valence-corrected chi connectivity index (χ4v) is 3.03. The summed E-state index contributed by atoms with van der Waals surface area (Å²) in [5, 5.41) is 3.86. The largest absolute Gasteiger partial charge is 0.452 e. The van der Waals surface area contributed by atoms with Gasteiger partial charge in [-0.2, -0.15) is 4.98 Å². The Morgan fingerprint density at radius 2 is 1.93 bits per heavy atom. The van der Waals surface area contributed by atoms with Crippen molar-refractivity contribution in [2.24, 2.45) is 0 Å². The second-order valence-corrected chi connectivity index (χ2v) is 7.58. The van der Waals surface area contributed by atoms with Gasteiger partial charge in [-0.05, 0) is 32.2 Å². The minimum absolute atomic E-state index is 0.0288. The molecule has 0 amide bonds. The van der Waals surface area contributed by atoms with E-state index in [9.17, 15) is 13.2 Å². The number of nitrogens with zero attached hydrogens (tertiary/aromatic N) is 2. The lowest BCUT2D eigenvalue weighted by atomic mass is 10.1. The van der Waals surface area contributed by atoms with E-state index in [-0.39, 0.29) is 23.0 Å². The predicted octanol–water partition coefficient (Wildman–Crippen LogP) is 2.31. The van der Waals surface area contributed by atoms with Crippen LogP contribution in [0.3, 0.4) is 0 Å². The number of benzene rings is 2. The number of carbonyl (C=O) groups excluding carboxylic acids is 1. The van der Waals surface area contributed by atoms with Crippen LogP contribution in [0.5, 0.6) is 0 Å². The van der Waals surface area contributed by atoms with Gasteiger partial charge in [0.15, 0.2) is 6.61 Å². The minimum Gasteiger partial charge on any atom is -0.452 e. The van der Waals surface area contributed by atoms with Gasteiger partial charge in [0, 0.05) is 5.56 Å². The SMILES string of the molecule is CNS(=O)(=O)c1cccc(C(=O)OCc2nc(-c3ccc(C)cc3)no2)c1. The second kappa shape index (κ2) is 7.68. The van der Waals surface area contributed by atoms with E-state index in [4.69, 9.17) is 9.26 Å². The van der Waals surface area contributed by atoms with Crippen LogP contribution >= 0.6 is 0 Å². The summed E-state index contributed by atoms with van der Waals surface area (Å²) in [5.74, 6) is -0.167. The molecule has 0 bridgehead atoms. The quantitative estimate of drug-likeness (QED) is 0.646. The van der Waals surface area contributed by atoms with Crippen molar-refractivity contribution in [1.82, 2.24) is 14.9 Å². The first-order valence-electron chi connectivity index (χ1n) is 7.99. The van der Waals surface area contributed by atoms with Gasteiger partial charge >= 0.3 is 5.97 Å². The maximum Gasteiger partial charge on any atom is 0.338 e. The van der Waals surface area contributed by atoms with Crippen LogP contribution in [0.15, 0.2) is 57.9 Å². The first kappa shape index (κ1) is 18.7. The predicted molar refractivity (Wildman–Crippen MR) is 96.3 cm³/mol. The molecule has 0 spiro atoms. The Morgan fingerprint density at radius 1 is 1.19 bits per heavy atom. The third-order valence-electron chi connectivity index (χ3n) is 3.75. The molecular formula is C18H17N3O5S. The van der Waals surface area contributed by atoms with Gasteiger partial charge in [0.05, 0.1) is 10.5 Å². The number of carbonyl (C=O) groups is 1. The molecule has 9 heteroatoms. The maximum atomic E-state index is 12.2. The van der Waals surface area contributed by atoms with Crippen LogP contribution < -0.4 is 4.72 Å². The van der Waals surface area contributed by atoms with Crippen LogP contribution in [0, 0.1) is 6.92 Å². The average molecular weight is 387 g/mol. The van der Waals surface area contributed by atoms with Gasteiger partial charge in [-0.25, -0.2) is 17.9 Å². The number of ether oxygens (including phenoxy) is 1. The van der Waals surface area contributed by atoms with Crippen molar-refractivity contribution in [3.8, 4) is 11.4 Å². The Kier molecular flexibility index (Phi) is 5.33. The lowest BCUT2D eigenvalue weighted by Crippen LogP contribution is -2.19. The van der Waals surface area contributed by atoms with Crippen LogP contribution in [0.2, 0.25) is 0 Å². The molecule has 3 rings (SSSR count). The number of rotatable bonds is 6. The van der Waals surface area contributed by atoms with Crippen molar-refractivity contribution in [2.45, 2.75) is 18.4 Å². The first-order valence-corrected chi connectivity index (χ1v) is 9.48. The maximum absolute atomic E-state index is 12.2. The Balaban J connectivity index is 1.68. The molecule has 0 radical (unpaired) electrons. The summed E-state index contributed by atoms with van der Waals surface area (Å²) >= 11 is 0. The summed E-state index contributed by atoms with van der Waals surface area (Å²) in [6, 6.07) is 13.1. The van der Waals surface area contributed by atoms with Gasteiger partial charge in [0.1, 0.15) is 0 Å². The molecule has 0 unspecified atom stereocenters. The Hall–Kier alpha value is -3.04. The van der Waals surface area contributed by atoms with Gasteiger partial charge in [-0.3, -0.25) is 0 Å². The molecule has 1 heterocycles. The highest BCUT2D eigenvalue weighted by atomic mass is 32.2. The number of sulfonamides is 1. The van der Waals surface area contributed by atoms with E-state index in [1.54, 1.807) is 0 Å². The molecule has 2 aromatic carbocycles. The van der Waals surface area contributed by atoms with Gasteiger partial charge in [0.25, 0.3) is 5.89 Å². The molecule has 0 aliphatic rings. The zero-order chi connectivity index (χ0) is 19.4. The average Bonchev–Trinajstić information content (AvgIpc) is 3.16. The number of hydrogen-bond donors (Lipinski definition) is 1. The molecule has 0 saturated heterocycles. The van der Waals surface area contributed by atoms with Gasteiger partial charge < -0.3 is 9.26 Å². The Bertz CT molecular complexity index is 1060. The van der Waals surface area contributed by atoms with Crippen molar-refractivity contribution in [3.63, 3.8) is 0 Å². The summed E-state index contributed by atoms with van der Waals surface area (Å²) in [6.45, 7) is 1.75. The van der Waals surface area contributed by atoms with Crippen LogP contribution in [0.1, 0.15) is 21.8 Å². The highest BCUT2D eigenvalue weighted by Crippen LogP contribution is 2.17. The van der Waals surface area contributed by atoms with Crippen LogP contribution in [0.25, 0.3) is 11.4 Å². The van der Waals surface area contributed by atoms with Crippen LogP contribution in [-0.2, 0) is 21.4 Å². The summed E-state index contributed by atoms with van der Waals surface area (Å²) < 4.78 is 36.0. The molecule has 27 heavy (non-hydrogen) atoms. The van der Waals surface area contributed by atoms with Crippen molar-refractivity contribution >= 4 is 16.0 Å². The molecule has 0 atom stereocenters. The molecule has 1 N–H and O–H groups in total. The van der Waals surface area contributed by atoms with Crippen molar-refractivity contribution < 1.29 is 22.5 Å². The molecule has 1 aromatic heterocycles. The molecule has 0 saturated carbocycles. The summed E-state index contributed by atoms with van der Waals surface area (Å²) in [7, 11) is -2.36. The minimum atomic E-state index is -3.65. The van der Waals surface area contributed by atoms with E-state index < -0.39 is 16.0 Å². The smallest absolute Gasteiger partial charge is 0.338 e. The lowest BCUT2D eigenvalue weighted by molar-refractivity contribution is 0.0429. The van der Waals surface area contributed by atoms with Gasteiger partial charge in [-0.15, -0.1) is 0 Å². The van der Waals surface area contributed by atoms with Crippen molar-refractivity contribution in [2.75, 3.05) is 7.05 Å². The zero-order valence-corrected chi connectivity index (χ0v) is 15.5. The summed E-state index contributed by atoms with van der Waals surface area (Å²) in [6.07, 6.45) is 0. The molecule has 140 valence electrons. The van der Waals surface area contributed by atoms with E-state index in [2.05, 4.69) is 14.9 Å². The normalized spacial score (nSPS) is 11.3. The van der Waals surface area contributed by atoms with Crippen molar-refractivity contribution in [3.05, 3.63) is 65.5 Å². The van der Waals surface area contributed by atoms with Gasteiger partial charge in [-0.1, -0.05) is 41.1 Å². The Morgan fingerprint density at radius 3 is 2.63 bits per heavy atom. The third-order valence-corrected chi connectivity index (χ3v) is 5.17. The van der Waals surface area contributed by atoms with Gasteiger partial charge in [0.2, 0.25) is 15.8 Å². The van der Waals surface area contributed by atoms with E-state index in [0.717, 1.165) is 11.1 Å². The molecule has 8 nitrogen and oxygen atoms in total. The van der Waals surface area contributed by atoms with E-state index in [1.165, 1.54) is 31.3 Å². The highest BCUT2D eigenvalue weighted by molar-refractivity contribution is 7.89. The fourth-order valence-electron chi connectivity index (χ4n) is 2.25. The molecule has 0 aliphatic heterocycles. The summed E-state index contributed by atoms with van der Waals surface area (Å²) in [5.41, 5.74) is 2.00. The zero-order valence-electron chi connectivity index (χ0n) is 14.7. The number of esters is 1. The monoisotopic (exact) mass is 387 g/mol. The number of nitrogens with one attached hydrogen (secondary N) is 1. The highest BCUT2D eigenvalue weighted by Gasteiger charge is 2.16. The molecule has 0 aliphatic carbocycles. The summed E-state index contributed by atoms with van der Waals surface area (Å²) in [4.78, 5) is 16.3. The number of aromatic nitrogens is 2. The number of hydrogen-bond acceptors (Lipinski definition) is 7. The number of aryl methyl sites for hydroxylation is 1. The topological polar surface area (TPSA) is 111 Å². The van der Waals surface area contributed by atoms with Crippen LogP contribution in [0.4, 0.5) is 0 Å². The second-order valence-electron chi connectivity index (χ2n) is 5.69. The fraction of sp³-hybridized carbons (Fsp3) is 0.167. The van der Waals surface area contributed by atoms with E-state index >= 15 is 0 Å². The molecule has 3 aromatic rings. The van der Waals surface area contributed by atoms with E-state index in [1.807, 2.05) is 31.2 Å².